The minimum absolute atomic E-state index is 0.522. The van der Waals surface area contributed by atoms with Crippen LogP contribution in [0.4, 0.5) is 0 Å². The number of hydrogen-bond acceptors (Lipinski definition) is 4. The van der Waals surface area contributed by atoms with Crippen molar-refractivity contribution >= 4 is 40.1 Å². The van der Waals surface area contributed by atoms with Gasteiger partial charge in [-0.25, -0.2) is 4.99 Å². The first-order valence-corrected chi connectivity index (χ1v) is 20.9. The van der Waals surface area contributed by atoms with Crippen LogP contribution in [0.25, 0.3) is 21.9 Å². The molecule has 0 amide bonds. The summed E-state index contributed by atoms with van der Waals surface area (Å²) < 4.78 is 6.98. The molecule has 1 aromatic heterocycles. The second-order valence-electron chi connectivity index (χ2n) is 18.1. The molecule has 0 spiro atoms. The van der Waals surface area contributed by atoms with E-state index >= 15 is 0 Å². The molecule has 50 heavy (non-hydrogen) atoms. The molecule has 4 nitrogen and oxygen atoms in total. The topological polar surface area (TPSA) is 32.0 Å². The predicted octanol–water partition coefficient (Wildman–Crippen LogP) is 9.65. The van der Waals surface area contributed by atoms with E-state index in [2.05, 4.69) is 82.6 Å². The van der Waals surface area contributed by atoms with Crippen molar-refractivity contribution in [1.82, 2.24) is 9.80 Å². The number of para-hydroxylation sites is 2. The minimum atomic E-state index is 0.522. The summed E-state index contributed by atoms with van der Waals surface area (Å²) in [7, 11) is 0. The van der Waals surface area contributed by atoms with Crippen molar-refractivity contribution in [2.24, 2.45) is 28.7 Å². The zero-order chi connectivity index (χ0) is 32.5. The van der Waals surface area contributed by atoms with Crippen LogP contribution in [0.15, 0.2) is 82.2 Å². The third-order valence-corrected chi connectivity index (χ3v) is 16.3. The second-order valence-corrected chi connectivity index (χ2v) is 18.1. The van der Waals surface area contributed by atoms with Crippen LogP contribution in [0.1, 0.15) is 101 Å². The summed E-state index contributed by atoms with van der Waals surface area (Å²) >= 11 is 0. The van der Waals surface area contributed by atoms with Crippen molar-refractivity contribution in [2.75, 3.05) is 0 Å². The Morgan fingerprint density at radius 3 is 2.38 bits per heavy atom. The van der Waals surface area contributed by atoms with Crippen LogP contribution in [0.3, 0.4) is 0 Å². The van der Waals surface area contributed by atoms with E-state index < -0.39 is 0 Å². The molecule has 5 heteroatoms. The van der Waals surface area contributed by atoms with Crippen molar-refractivity contribution in [3.05, 3.63) is 78.4 Å². The predicted molar refractivity (Wildman–Crippen MR) is 204 cm³/mol. The summed E-state index contributed by atoms with van der Waals surface area (Å²) in [6.45, 7) is 0.548. The van der Waals surface area contributed by atoms with Crippen LogP contribution in [0, 0.1) is 23.7 Å². The van der Waals surface area contributed by atoms with E-state index in [1.54, 1.807) is 11.0 Å². The summed E-state index contributed by atoms with van der Waals surface area (Å²) in [5, 5.41) is 2.62. The average Bonchev–Trinajstić information content (AvgIpc) is 3.76. The number of fused-ring (bicyclic) bond motifs is 12. The van der Waals surface area contributed by atoms with Crippen LogP contribution < -0.4 is 5.46 Å². The number of nitrogens with zero attached hydrogens (tertiary/aromatic N) is 3. The molecule has 3 aliphatic heterocycles. The molecule has 12 unspecified atom stereocenters. The lowest BCUT2D eigenvalue weighted by molar-refractivity contribution is -0.0665. The summed E-state index contributed by atoms with van der Waals surface area (Å²) in [5.41, 5.74) is 5.41. The van der Waals surface area contributed by atoms with Gasteiger partial charge in [0.25, 0.3) is 0 Å². The van der Waals surface area contributed by atoms with Crippen LogP contribution in [0.2, 0.25) is 11.6 Å². The fourth-order valence-corrected chi connectivity index (χ4v) is 14.8. The SMILES string of the molecule is c1ccc(C2CC3C(B(c4cccc5c4oc4ccccc45)C4CCC5CCCC6C5C4N3C3=NC4CCCCC4N36)C3CCCCC23)cc1. The van der Waals surface area contributed by atoms with Gasteiger partial charge in [0.15, 0.2) is 12.7 Å². The molecule has 4 aromatic rings. The molecule has 5 aliphatic carbocycles. The number of rotatable bonds is 2. The van der Waals surface area contributed by atoms with Gasteiger partial charge < -0.3 is 14.2 Å². The van der Waals surface area contributed by atoms with Gasteiger partial charge in [-0.3, -0.25) is 0 Å². The summed E-state index contributed by atoms with van der Waals surface area (Å²) in [6, 6.07) is 30.9. The molecule has 4 heterocycles. The molecular weight excluding hydrogens is 609 g/mol. The maximum Gasteiger partial charge on any atom is 0.198 e. The molecule has 5 saturated carbocycles. The maximum absolute atomic E-state index is 6.98. The molecule has 7 fully saturated rings. The standard InChI is InChI=1S/C45H52BN3O/c1-2-12-27(13-3-1)33-26-39-42(31-17-5-4-15-29(31)33)46(35-19-11-18-32-30-16-6-9-23-40(30)50-44(32)35)34-25-24-28-14-10-22-38-41(28)43(34)49(39)45-47-36-20-7-8-21-37(36)48(38)45/h1-3,6,9,11-13,16,18-19,23,28-29,31,33-34,36-39,41-43H,4-5,7-8,10,14-15,17,20-22,24-26H2. The molecule has 256 valence electrons. The lowest BCUT2D eigenvalue weighted by Crippen LogP contribution is -2.77. The molecule has 12 rings (SSSR count). The van der Waals surface area contributed by atoms with E-state index in [0.29, 0.717) is 54.5 Å². The number of furan rings is 1. The van der Waals surface area contributed by atoms with Gasteiger partial charge >= 0.3 is 0 Å². The molecule has 3 aromatic carbocycles. The fourth-order valence-electron chi connectivity index (χ4n) is 14.8. The molecule has 12 atom stereocenters. The average molecular weight is 662 g/mol. The van der Waals surface area contributed by atoms with E-state index in [-0.39, 0.29) is 0 Å². The highest BCUT2D eigenvalue weighted by Gasteiger charge is 2.67. The largest absolute Gasteiger partial charge is 0.457 e. The molecule has 0 N–H and O–H groups in total. The molecule has 8 aliphatic rings. The number of benzene rings is 3. The molecule has 0 bridgehead atoms. The first-order chi connectivity index (χ1) is 24.8. The van der Waals surface area contributed by atoms with Gasteiger partial charge in [0.05, 0.1) is 12.1 Å². The van der Waals surface area contributed by atoms with Crippen molar-refractivity contribution in [1.29, 1.82) is 0 Å². The van der Waals surface area contributed by atoms with E-state index in [9.17, 15) is 0 Å². The summed E-state index contributed by atoms with van der Waals surface area (Å²) in [6.07, 6.45) is 19.3. The third-order valence-electron chi connectivity index (χ3n) is 16.3. The Labute approximate surface area is 298 Å². The van der Waals surface area contributed by atoms with E-state index in [4.69, 9.17) is 9.41 Å². The third kappa shape index (κ3) is 3.99. The van der Waals surface area contributed by atoms with Gasteiger partial charge in [-0.2, -0.15) is 0 Å². The Morgan fingerprint density at radius 2 is 1.44 bits per heavy atom. The monoisotopic (exact) mass is 661 g/mol. The second kappa shape index (κ2) is 11.1. The Hall–Kier alpha value is -3.21. The zero-order valence-corrected chi connectivity index (χ0v) is 29.6. The van der Waals surface area contributed by atoms with Gasteiger partial charge in [0.2, 0.25) is 0 Å². The lowest BCUT2D eigenvalue weighted by Gasteiger charge is -2.69. The van der Waals surface area contributed by atoms with Crippen LogP contribution in [-0.4, -0.2) is 52.7 Å². The van der Waals surface area contributed by atoms with Gasteiger partial charge in [0, 0.05) is 34.8 Å². The van der Waals surface area contributed by atoms with Gasteiger partial charge in [-0.05, 0) is 90.9 Å². The highest BCUT2D eigenvalue weighted by molar-refractivity contribution is 6.78. The van der Waals surface area contributed by atoms with Crippen molar-refractivity contribution < 1.29 is 4.42 Å². The number of hydrogen-bond donors (Lipinski definition) is 0. The van der Waals surface area contributed by atoms with Crippen LogP contribution in [-0.2, 0) is 0 Å². The molecule has 2 saturated heterocycles. The van der Waals surface area contributed by atoms with Gasteiger partial charge in [-0.15, -0.1) is 0 Å². The van der Waals surface area contributed by atoms with Crippen molar-refractivity contribution in [3.63, 3.8) is 0 Å². The van der Waals surface area contributed by atoms with Gasteiger partial charge in [0.1, 0.15) is 11.2 Å². The molecule has 0 radical (unpaired) electrons. The van der Waals surface area contributed by atoms with Crippen LogP contribution >= 0.6 is 0 Å². The smallest absolute Gasteiger partial charge is 0.198 e. The zero-order valence-electron chi connectivity index (χ0n) is 29.6. The Morgan fingerprint density at radius 1 is 0.640 bits per heavy atom. The minimum Gasteiger partial charge on any atom is -0.457 e. The maximum atomic E-state index is 6.98. The van der Waals surface area contributed by atoms with Crippen molar-refractivity contribution in [3.8, 4) is 0 Å². The molecular formula is C45H52BN3O. The van der Waals surface area contributed by atoms with Crippen molar-refractivity contribution in [2.45, 2.75) is 138 Å². The highest BCUT2D eigenvalue weighted by Crippen LogP contribution is 2.65. The first-order valence-electron chi connectivity index (χ1n) is 20.9. The number of aliphatic imine (C=N–C) groups is 1. The normalized spacial score (nSPS) is 40.1. The van der Waals surface area contributed by atoms with E-state index in [1.165, 1.54) is 112 Å². The Kier molecular flexibility index (Phi) is 6.55. The summed E-state index contributed by atoms with van der Waals surface area (Å²) in [5.74, 6) is 6.60. The highest BCUT2D eigenvalue weighted by atomic mass is 16.3. The lowest BCUT2D eigenvalue weighted by atomic mass is 9.21. The van der Waals surface area contributed by atoms with Crippen LogP contribution in [0.5, 0.6) is 0 Å². The summed E-state index contributed by atoms with van der Waals surface area (Å²) in [4.78, 5) is 12.1. The van der Waals surface area contributed by atoms with E-state index in [1.807, 2.05) is 0 Å². The number of guanidine groups is 1. The fraction of sp³-hybridized carbons (Fsp3) is 0.578. The Bertz CT molecular complexity index is 1970. The Balaban J connectivity index is 1.09. The quantitative estimate of drug-likeness (QED) is 0.201. The van der Waals surface area contributed by atoms with E-state index in [0.717, 1.165) is 29.3 Å². The van der Waals surface area contributed by atoms with Gasteiger partial charge in [-0.1, -0.05) is 118 Å². The first kappa shape index (κ1) is 29.4.